The van der Waals surface area contributed by atoms with Gasteiger partial charge in [-0.15, -0.1) is 0 Å². The van der Waals surface area contributed by atoms with Crippen molar-refractivity contribution in [2.24, 2.45) is 11.7 Å². The maximum absolute atomic E-state index is 12.9. The van der Waals surface area contributed by atoms with Gasteiger partial charge in [-0.25, -0.2) is 4.79 Å². The van der Waals surface area contributed by atoms with E-state index in [2.05, 4.69) is 4.74 Å². The van der Waals surface area contributed by atoms with E-state index in [1.807, 2.05) is 4.90 Å². The van der Waals surface area contributed by atoms with Gasteiger partial charge in [-0.05, 0) is 25.4 Å². The predicted molar refractivity (Wildman–Crippen MR) is 53.0 cm³/mol. The van der Waals surface area contributed by atoms with E-state index < -0.39 is 24.4 Å². The summed E-state index contributed by atoms with van der Waals surface area (Å²) in [5.74, 6) is -4.23. The second-order valence-electron chi connectivity index (χ2n) is 4.59. The van der Waals surface area contributed by atoms with Crippen molar-refractivity contribution in [3.63, 3.8) is 0 Å². The highest BCUT2D eigenvalue weighted by atomic mass is 19.3. The van der Waals surface area contributed by atoms with E-state index in [1.165, 1.54) is 0 Å². The number of likely N-dealkylation sites (tertiary alicyclic amines) is 1. The summed E-state index contributed by atoms with van der Waals surface area (Å²) in [6, 6.07) is 0. The Morgan fingerprint density at radius 3 is 2.81 bits per heavy atom. The summed E-state index contributed by atoms with van der Waals surface area (Å²) < 4.78 is 30.4. The van der Waals surface area contributed by atoms with Gasteiger partial charge in [0.2, 0.25) is 0 Å². The third-order valence-corrected chi connectivity index (χ3v) is 3.22. The molecular formula is C10H16F2N2O2. The smallest absolute Gasteiger partial charge is 0.377 e. The number of rotatable bonds is 3. The number of cyclic esters (lactones) is 1. The monoisotopic (exact) mass is 234 g/mol. The van der Waals surface area contributed by atoms with Crippen molar-refractivity contribution in [3.8, 4) is 0 Å². The molecule has 0 spiro atoms. The van der Waals surface area contributed by atoms with Crippen molar-refractivity contribution in [3.05, 3.63) is 0 Å². The molecule has 2 saturated heterocycles. The standard InChI is InChI=1S/C10H16F2N2O2/c11-10(12)3-8(16-9(10)15)6-14-2-1-7(4-13)5-14/h7-8H,1-6,13H2. The minimum atomic E-state index is -3.29. The van der Waals surface area contributed by atoms with E-state index in [0.29, 0.717) is 19.0 Å². The molecule has 0 aromatic heterocycles. The average molecular weight is 234 g/mol. The number of esters is 1. The number of carbonyl (C=O) groups excluding carboxylic acids is 1. The molecule has 0 aliphatic carbocycles. The molecule has 2 aliphatic heterocycles. The normalized spacial score (nSPS) is 34.3. The Labute approximate surface area is 92.7 Å². The summed E-state index contributed by atoms with van der Waals surface area (Å²) in [5.41, 5.74) is 5.54. The van der Waals surface area contributed by atoms with Crippen LogP contribution in [0.25, 0.3) is 0 Å². The molecule has 92 valence electrons. The Hall–Kier alpha value is -0.750. The minimum Gasteiger partial charge on any atom is -0.456 e. The zero-order valence-corrected chi connectivity index (χ0v) is 8.99. The SMILES string of the molecule is NCC1CCN(CC2CC(F)(F)C(=O)O2)C1. The zero-order valence-electron chi connectivity index (χ0n) is 8.99. The highest BCUT2D eigenvalue weighted by molar-refractivity contribution is 5.79. The van der Waals surface area contributed by atoms with Gasteiger partial charge < -0.3 is 10.5 Å². The molecule has 0 radical (unpaired) electrons. The summed E-state index contributed by atoms with van der Waals surface area (Å²) >= 11 is 0. The lowest BCUT2D eigenvalue weighted by Gasteiger charge is -2.18. The van der Waals surface area contributed by atoms with Crippen molar-refractivity contribution >= 4 is 5.97 Å². The Bertz CT molecular complexity index is 286. The van der Waals surface area contributed by atoms with Crippen molar-refractivity contribution < 1.29 is 18.3 Å². The predicted octanol–water partition coefficient (Wildman–Crippen LogP) is 0.218. The van der Waals surface area contributed by atoms with E-state index in [1.54, 1.807) is 0 Å². The molecule has 2 fully saturated rings. The van der Waals surface area contributed by atoms with E-state index >= 15 is 0 Å². The van der Waals surface area contributed by atoms with Gasteiger partial charge in [-0.1, -0.05) is 0 Å². The van der Waals surface area contributed by atoms with Crippen LogP contribution in [-0.4, -0.2) is 49.1 Å². The lowest BCUT2D eigenvalue weighted by atomic mass is 10.1. The van der Waals surface area contributed by atoms with Gasteiger partial charge in [-0.2, -0.15) is 8.78 Å². The molecule has 2 unspecified atom stereocenters. The summed E-state index contributed by atoms with van der Waals surface area (Å²) in [6.45, 7) is 2.69. The molecule has 2 heterocycles. The van der Waals surface area contributed by atoms with Crippen LogP contribution in [0.5, 0.6) is 0 Å². The molecule has 0 aromatic rings. The first-order valence-corrected chi connectivity index (χ1v) is 5.52. The largest absolute Gasteiger partial charge is 0.456 e. The van der Waals surface area contributed by atoms with E-state index in [4.69, 9.17) is 5.73 Å². The molecule has 6 heteroatoms. The molecule has 0 aromatic carbocycles. The molecule has 4 nitrogen and oxygen atoms in total. The number of hydrogen-bond acceptors (Lipinski definition) is 4. The van der Waals surface area contributed by atoms with Gasteiger partial charge in [0.05, 0.1) is 6.42 Å². The average Bonchev–Trinajstić information content (AvgIpc) is 2.73. The highest BCUT2D eigenvalue weighted by Gasteiger charge is 2.51. The first kappa shape index (κ1) is 11.7. The number of alkyl halides is 2. The number of halogens is 2. The van der Waals surface area contributed by atoms with Gasteiger partial charge in [0.25, 0.3) is 0 Å². The van der Waals surface area contributed by atoms with Crippen molar-refractivity contribution in [2.75, 3.05) is 26.2 Å². The third-order valence-electron chi connectivity index (χ3n) is 3.22. The number of nitrogens with two attached hydrogens (primary N) is 1. The van der Waals surface area contributed by atoms with Crippen molar-refractivity contribution in [1.29, 1.82) is 0 Å². The lowest BCUT2D eigenvalue weighted by molar-refractivity contribution is -0.159. The van der Waals surface area contributed by atoms with Gasteiger partial charge >= 0.3 is 11.9 Å². The first-order chi connectivity index (χ1) is 7.51. The van der Waals surface area contributed by atoms with E-state index in [-0.39, 0.29) is 0 Å². The van der Waals surface area contributed by atoms with Gasteiger partial charge in [0, 0.05) is 13.1 Å². The fourth-order valence-corrected chi connectivity index (χ4v) is 2.31. The second-order valence-corrected chi connectivity index (χ2v) is 4.59. The summed E-state index contributed by atoms with van der Waals surface area (Å²) in [4.78, 5) is 12.8. The Morgan fingerprint density at radius 2 is 2.31 bits per heavy atom. The Kier molecular flexibility index (Phi) is 3.12. The van der Waals surface area contributed by atoms with Gasteiger partial charge in [0.1, 0.15) is 6.10 Å². The Morgan fingerprint density at radius 1 is 1.56 bits per heavy atom. The molecule has 0 amide bonds. The molecule has 0 saturated carbocycles. The molecule has 2 aliphatic rings. The van der Waals surface area contributed by atoms with Crippen LogP contribution < -0.4 is 5.73 Å². The van der Waals surface area contributed by atoms with Gasteiger partial charge in [-0.3, -0.25) is 4.90 Å². The number of carbonyl (C=O) groups is 1. The lowest BCUT2D eigenvalue weighted by Crippen LogP contribution is -2.31. The van der Waals surface area contributed by atoms with Crippen LogP contribution in [0.3, 0.4) is 0 Å². The van der Waals surface area contributed by atoms with Crippen molar-refractivity contribution in [1.82, 2.24) is 4.90 Å². The van der Waals surface area contributed by atoms with Crippen LogP contribution in [-0.2, 0) is 9.53 Å². The second kappa shape index (κ2) is 4.25. The zero-order chi connectivity index (χ0) is 11.8. The third kappa shape index (κ3) is 2.32. The fourth-order valence-electron chi connectivity index (χ4n) is 2.31. The minimum absolute atomic E-state index is 0.401. The molecule has 0 bridgehead atoms. The van der Waals surface area contributed by atoms with Crippen LogP contribution in [0.15, 0.2) is 0 Å². The van der Waals surface area contributed by atoms with Crippen LogP contribution in [0.4, 0.5) is 8.78 Å². The summed E-state index contributed by atoms with van der Waals surface area (Å²) in [6.07, 6.45) is -0.164. The first-order valence-electron chi connectivity index (χ1n) is 5.52. The maximum Gasteiger partial charge on any atom is 0.377 e. The van der Waals surface area contributed by atoms with Gasteiger partial charge in [0.15, 0.2) is 0 Å². The van der Waals surface area contributed by atoms with Crippen molar-refractivity contribution in [2.45, 2.75) is 24.9 Å². The van der Waals surface area contributed by atoms with Crippen LogP contribution in [0, 0.1) is 5.92 Å². The highest BCUT2D eigenvalue weighted by Crippen LogP contribution is 2.31. The van der Waals surface area contributed by atoms with Crippen LogP contribution >= 0.6 is 0 Å². The van der Waals surface area contributed by atoms with E-state index in [0.717, 1.165) is 19.5 Å². The Balaban J connectivity index is 1.82. The number of hydrogen-bond donors (Lipinski definition) is 1. The van der Waals surface area contributed by atoms with Crippen LogP contribution in [0.2, 0.25) is 0 Å². The molecular weight excluding hydrogens is 218 g/mol. The fraction of sp³-hybridized carbons (Fsp3) is 0.900. The van der Waals surface area contributed by atoms with E-state index in [9.17, 15) is 13.6 Å². The quantitative estimate of drug-likeness (QED) is 0.710. The maximum atomic E-state index is 12.9. The summed E-state index contributed by atoms with van der Waals surface area (Å²) in [5, 5.41) is 0. The molecule has 2 atom stereocenters. The molecule has 16 heavy (non-hydrogen) atoms. The molecule has 2 N–H and O–H groups in total. The van der Waals surface area contributed by atoms with Crippen LogP contribution in [0.1, 0.15) is 12.8 Å². The number of nitrogens with zero attached hydrogens (tertiary/aromatic N) is 1. The topological polar surface area (TPSA) is 55.6 Å². The number of ether oxygens (including phenoxy) is 1. The summed E-state index contributed by atoms with van der Waals surface area (Å²) in [7, 11) is 0. The molecule has 2 rings (SSSR count).